The van der Waals surface area contributed by atoms with Gasteiger partial charge in [-0.05, 0) is 42.3 Å². The highest BCUT2D eigenvalue weighted by atomic mass is 79.9. The van der Waals surface area contributed by atoms with E-state index in [0.29, 0.717) is 24.4 Å². The number of pyridine rings is 1. The molecule has 0 unspecified atom stereocenters. The standard InChI is InChI=1S/C16H23BrN4O2/c1-15(2,3)14(22)19-12-11-8-10(17)9-18-13(11)21(20-12)7-6-16(4,5)23/h8-9,23H,6-7H2,1-5H3,(H,19,20,22). The Bertz CT molecular complexity index is 726. The Labute approximate surface area is 144 Å². The maximum absolute atomic E-state index is 12.3. The summed E-state index contributed by atoms with van der Waals surface area (Å²) in [6.45, 7) is 9.58. The van der Waals surface area contributed by atoms with E-state index < -0.39 is 11.0 Å². The third-order valence-corrected chi connectivity index (χ3v) is 3.84. The molecule has 23 heavy (non-hydrogen) atoms. The van der Waals surface area contributed by atoms with Gasteiger partial charge in [-0.15, -0.1) is 0 Å². The molecule has 2 N–H and O–H groups in total. The first-order chi connectivity index (χ1) is 10.5. The first kappa shape index (κ1) is 17.9. The zero-order chi connectivity index (χ0) is 17.4. The summed E-state index contributed by atoms with van der Waals surface area (Å²) in [6.07, 6.45) is 2.23. The summed E-state index contributed by atoms with van der Waals surface area (Å²) in [5, 5.41) is 18.0. The summed E-state index contributed by atoms with van der Waals surface area (Å²) in [5.74, 6) is 0.385. The molecule has 1 amide bonds. The van der Waals surface area contributed by atoms with E-state index in [0.717, 1.165) is 9.86 Å². The number of nitrogens with one attached hydrogen (secondary N) is 1. The maximum Gasteiger partial charge on any atom is 0.230 e. The molecular weight excluding hydrogens is 360 g/mol. The summed E-state index contributed by atoms with van der Waals surface area (Å²) in [5.41, 5.74) is -0.618. The van der Waals surface area contributed by atoms with E-state index in [1.807, 2.05) is 26.8 Å². The highest BCUT2D eigenvalue weighted by Crippen LogP contribution is 2.27. The van der Waals surface area contributed by atoms with Gasteiger partial charge in [0.15, 0.2) is 11.5 Å². The fraction of sp³-hybridized carbons (Fsp3) is 0.562. The van der Waals surface area contributed by atoms with E-state index >= 15 is 0 Å². The molecule has 0 bridgehead atoms. The van der Waals surface area contributed by atoms with Crippen molar-refractivity contribution in [2.75, 3.05) is 5.32 Å². The molecule has 2 aromatic rings. The lowest BCUT2D eigenvalue weighted by molar-refractivity contribution is -0.123. The number of amides is 1. The van der Waals surface area contributed by atoms with E-state index in [9.17, 15) is 9.90 Å². The quantitative estimate of drug-likeness (QED) is 0.849. The van der Waals surface area contributed by atoms with Crippen LogP contribution in [0.3, 0.4) is 0 Å². The lowest BCUT2D eigenvalue weighted by atomic mass is 9.96. The summed E-state index contributed by atoms with van der Waals surface area (Å²) in [7, 11) is 0. The third kappa shape index (κ3) is 4.51. The molecule has 7 heteroatoms. The second-order valence-electron chi connectivity index (χ2n) is 7.36. The fourth-order valence-corrected chi connectivity index (χ4v) is 2.29. The van der Waals surface area contributed by atoms with Gasteiger partial charge >= 0.3 is 0 Å². The van der Waals surface area contributed by atoms with Gasteiger partial charge in [0.25, 0.3) is 0 Å². The molecule has 0 aliphatic heterocycles. The summed E-state index contributed by atoms with van der Waals surface area (Å²) < 4.78 is 2.54. The molecule has 0 aliphatic rings. The van der Waals surface area contributed by atoms with Gasteiger partial charge < -0.3 is 10.4 Å². The van der Waals surface area contributed by atoms with Crippen LogP contribution in [0.1, 0.15) is 41.0 Å². The van der Waals surface area contributed by atoms with E-state index in [1.54, 1.807) is 24.7 Å². The van der Waals surface area contributed by atoms with Crippen molar-refractivity contribution in [3.8, 4) is 0 Å². The average Bonchev–Trinajstić information content (AvgIpc) is 2.72. The van der Waals surface area contributed by atoms with Crippen LogP contribution in [-0.4, -0.2) is 31.4 Å². The summed E-state index contributed by atoms with van der Waals surface area (Å²) in [4.78, 5) is 16.6. The largest absolute Gasteiger partial charge is 0.390 e. The number of aliphatic hydroxyl groups is 1. The monoisotopic (exact) mass is 382 g/mol. The van der Waals surface area contributed by atoms with Crippen LogP contribution in [0.25, 0.3) is 11.0 Å². The number of anilines is 1. The minimum absolute atomic E-state index is 0.105. The minimum Gasteiger partial charge on any atom is -0.390 e. The number of aromatic nitrogens is 3. The molecule has 2 rings (SSSR count). The topological polar surface area (TPSA) is 80.0 Å². The molecule has 2 heterocycles. The molecular formula is C16H23BrN4O2. The van der Waals surface area contributed by atoms with Gasteiger partial charge in [0.05, 0.1) is 11.0 Å². The van der Waals surface area contributed by atoms with Gasteiger partial charge in [-0.1, -0.05) is 20.8 Å². The summed E-state index contributed by atoms with van der Waals surface area (Å²) in [6, 6.07) is 1.88. The van der Waals surface area contributed by atoms with Crippen molar-refractivity contribution < 1.29 is 9.90 Å². The van der Waals surface area contributed by atoms with E-state index in [-0.39, 0.29) is 5.91 Å². The molecule has 2 aromatic heterocycles. The predicted octanol–water partition coefficient (Wildman–Crippen LogP) is 3.34. The Morgan fingerprint density at radius 3 is 2.57 bits per heavy atom. The molecule has 6 nitrogen and oxygen atoms in total. The second-order valence-corrected chi connectivity index (χ2v) is 8.28. The number of fused-ring (bicyclic) bond motifs is 1. The van der Waals surface area contributed by atoms with Crippen molar-refractivity contribution in [2.45, 2.75) is 53.2 Å². The Kier molecular flexibility index (Phi) is 4.82. The number of hydrogen-bond donors (Lipinski definition) is 2. The molecule has 126 valence electrons. The Morgan fingerprint density at radius 1 is 1.35 bits per heavy atom. The third-order valence-electron chi connectivity index (χ3n) is 3.40. The van der Waals surface area contributed by atoms with Gasteiger partial charge in [0.1, 0.15) is 0 Å². The van der Waals surface area contributed by atoms with E-state index in [4.69, 9.17) is 0 Å². The van der Waals surface area contributed by atoms with Gasteiger partial charge in [0.2, 0.25) is 5.91 Å². The molecule has 0 radical (unpaired) electrons. The average molecular weight is 383 g/mol. The number of nitrogens with zero attached hydrogens (tertiary/aromatic N) is 3. The van der Waals surface area contributed by atoms with Gasteiger partial charge in [-0.3, -0.25) is 4.79 Å². The van der Waals surface area contributed by atoms with Gasteiger partial charge in [-0.25, -0.2) is 9.67 Å². The van der Waals surface area contributed by atoms with Gasteiger partial charge in [0, 0.05) is 22.6 Å². The normalized spacial score (nSPS) is 12.7. The maximum atomic E-state index is 12.3. The lowest BCUT2D eigenvalue weighted by Gasteiger charge is -2.17. The Balaban J connectivity index is 2.40. The van der Waals surface area contributed by atoms with Crippen LogP contribution < -0.4 is 5.32 Å². The van der Waals surface area contributed by atoms with Crippen LogP contribution in [0.5, 0.6) is 0 Å². The molecule has 0 saturated heterocycles. The van der Waals surface area contributed by atoms with Crippen molar-refractivity contribution in [2.24, 2.45) is 5.41 Å². The molecule has 0 saturated carbocycles. The van der Waals surface area contributed by atoms with Crippen LogP contribution in [0.15, 0.2) is 16.7 Å². The van der Waals surface area contributed by atoms with Crippen LogP contribution in [0, 0.1) is 5.41 Å². The Hall–Kier alpha value is -1.47. The highest BCUT2D eigenvalue weighted by molar-refractivity contribution is 9.10. The molecule has 0 fully saturated rings. The molecule has 0 spiro atoms. The lowest BCUT2D eigenvalue weighted by Crippen LogP contribution is -2.28. The number of hydrogen-bond acceptors (Lipinski definition) is 4. The van der Waals surface area contributed by atoms with Crippen LogP contribution in [-0.2, 0) is 11.3 Å². The Morgan fingerprint density at radius 2 is 2.00 bits per heavy atom. The van der Waals surface area contributed by atoms with Crippen molar-refractivity contribution >= 4 is 38.7 Å². The molecule has 0 aliphatic carbocycles. The van der Waals surface area contributed by atoms with Gasteiger partial charge in [-0.2, -0.15) is 5.10 Å². The van der Waals surface area contributed by atoms with Crippen molar-refractivity contribution in [3.63, 3.8) is 0 Å². The second kappa shape index (κ2) is 6.20. The number of aryl methyl sites for hydroxylation is 1. The number of carbonyl (C=O) groups excluding carboxylic acids is 1. The van der Waals surface area contributed by atoms with Crippen LogP contribution in [0.2, 0.25) is 0 Å². The highest BCUT2D eigenvalue weighted by Gasteiger charge is 2.24. The number of rotatable bonds is 4. The first-order valence-electron chi connectivity index (χ1n) is 7.53. The molecule has 0 atom stereocenters. The van der Waals surface area contributed by atoms with Crippen molar-refractivity contribution in [3.05, 3.63) is 16.7 Å². The first-order valence-corrected chi connectivity index (χ1v) is 8.32. The zero-order valence-electron chi connectivity index (χ0n) is 14.1. The van der Waals surface area contributed by atoms with Crippen molar-refractivity contribution in [1.29, 1.82) is 0 Å². The van der Waals surface area contributed by atoms with E-state index in [2.05, 4.69) is 31.3 Å². The van der Waals surface area contributed by atoms with E-state index in [1.165, 1.54) is 0 Å². The number of halogens is 1. The van der Waals surface area contributed by atoms with Crippen LogP contribution in [0.4, 0.5) is 5.82 Å². The van der Waals surface area contributed by atoms with Crippen LogP contribution >= 0.6 is 15.9 Å². The smallest absolute Gasteiger partial charge is 0.230 e. The zero-order valence-corrected chi connectivity index (χ0v) is 15.7. The fourth-order valence-electron chi connectivity index (χ4n) is 1.96. The SMILES string of the molecule is CC(C)(O)CCn1nc(NC(=O)C(C)(C)C)c2cc(Br)cnc21. The molecule has 0 aromatic carbocycles. The predicted molar refractivity (Wildman–Crippen MR) is 94.2 cm³/mol. The minimum atomic E-state index is -0.789. The summed E-state index contributed by atoms with van der Waals surface area (Å²) >= 11 is 3.40. The number of carbonyl (C=O) groups is 1. The van der Waals surface area contributed by atoms with Crippen molar-refractivity contribution in [1.82, 2.24) is 14.8 Å².